The van der Waals surface area contributed by atoms with Gasteiger partial charge < -0.3 is 25.2 Å². The molecule has 0 aromatic heterocycles. The normalized spacial score (nSPS) is 17.2. The second-order valence-corrected chi connectivity index (χ2v) is 7.36. The van der Waals surface area contributed by atoms with Crippen molar-refractivity contribution in [3.63, 3.8) is 0 Å². The van der Waals surface area contributed by atoms with Crippen LogP contribution in [0.25, 0.3) is 0 Å². The Morgan fingerprint density at radius 3 is 2.52 bits per heavy atom. The van der Waals surface area contributed by atoms with E-state index in [-0.39, 0.29) is 0 Å². The lowest BCUT2D eigenvalue weighted by Gasteiger charge is -2.32. The molecule has 1 heterocycles. The van der Waals surface area contributed by atoms with E-state index in [2.05, 4.69) is 53.2 Å². The van der Waals surface area contributed by atoms with Crippen molar-refractivity contribution >= 4 is 5.96 Å². The van der Waals surface area contributed by atoms with Crippen molar-refractivity contribution in [3.05, 3.63) is 0 Å². The molecule has 0 spiro atoms. The third kappa shape index (κ3) is 12.2. The fourth-order valence-corrected chi connectivity index (χ4v) is 2.76. The molecule has 1 aliphatic heterocycles. The number of rotatable bonds is 12. The minimum absolute atomic E-state index is 0.605. The average molecular weight is 356 g/mol. The zero-order chi connectivity index (χ0) is 18.3. The number of aliphatic imine (C=N–C) groups is 1. The Hall–Kier alpha value is -0.850. The van der Waals surface area contributed by atoms with Gasteiger partial charge in [-0.15, -0.1) is 0 Å². The molecule has 0 amide bonds. The molecule has 6 nitrogen and oxygen atoms in total. The van der Waals surface area contributed by atoms with E-state index in [1.807, 2.05) is 0 Å². The first-order valence-corrected chi connectivity index (χ1v) is 10.1. The molecular formula is C19H41N5O. The van der Waals surface area contributed by atoms with Crippen LogP contribution in [0.4, 0.5) is 0 Å². The summed E-state index contributed by atoms with van der Waals surface area (Å²) in [5.74, 6) is 1.54. The maximum Gasteiger partial charge on any atom is 0.191 e. The molecule has 0 unspecified atom stereocenters. The Balaban J connectivity index is 2.06. The van der Waals surface area contributed by atoms with Crippen molar-refractivity contribution in [3.8, 4) is 0 Å². The van der Waals surface area contributed by atoms with E-state index in [1.165, 1.54) is 45.6 Å². The second kappa shape index (κ2) is 14.3. The van der Waals surface area contributed by atoms with Crippen LogP contribution in [-0.4, -0.2) is 88.4 Å². The Morgan fingerprint density at radius 2 is 1.84 bits per heavy atom. The molecule has 0 radical (unpaired) electrons. The fraction of sp³-hybridized carbons (Fsp3) is 0.947. The van der Waals surface area contributed by atoms with Crippen LogP contribution in [0.15, 0.2) is 4.99 Å². The quantitative estimate of drug-likeness (QED) is 0.317. The van der Waals surface area contributed by atoms with Crippen molar-refractivity contribution in [1.82, 2.24) is 20.4 Å². The van der Waals surface area contributed by atoms with Crippen molar-refractivity contribution in [2.75, 3.05) is 72.6 Å². The number of unbranched alkanes of at least 4 members (excludes halogenated alkanes) is 1. The number of guanidine groups is 1. The van der Waals surface area contributed by atoms with Crippen molar-refractivity contribution in [1.29, 1.82) is 0 Å². The van der Waals surface area contributed by atoms with E-state index < -0.39 is 0 Å². The number of likely N-dealkylation sites (N-methyl/N-ethyl adjacent to an activating group) is 1. The van der Waals surface area contributed by atoms with E-state index in [1.54, 1.807) is 0 Å². The summed E-state index contributed by atoms with van der Waals surface area (Å²) in [6.45, 7) is 16.9. The number of nitrogens with one attached hydrogen (secondary N) is 2. The molecule has 0 saturated carbocycles. The highest BCUT2D eigenvalue weighted by Gasteiger charge is 2.12. The molecule has 148 valence electrons. The summed E-state index contributed by atoms with van der Waals surface area (Å²) in [7, 11) is 2.21. The summed E-state index contributed by atoms with van der Waals surface area (Å²) in [6, 6.07) is 0. The van der Waals surface area contributed by atoms with Gasteiger partial charge in [0, 0.05) is 59.0 Å². The van der Waals surface area contributed by atoms with Gasteiger partial charge in [0.15, 0.2) is 5.96 Å². The van der Waals surface area contributed by atoms with E-state index in [0.717, 1.165) is 45.2 Å². The van der Waals surface area contributed by atoms with Gasteiger partial charge in [-0.1, -0.05) is 13.8 Å². The maximum atomic E-state index is 5.60. The first-order chi connectivity index (χ1) is 12.1. The summed E-state index contributed by atoms with van der Waals surface area (Å²) < 4.78 is 5.60. The van der Waals surface area contributed by atoms with Crippen LogP contribution in [0.2, 0.25) is 0 Å². The maximum absolute atomic E-state index is 5.60. The first-order valence-electron chi connectivity index (χ1n) is 10.1. The molecule has 0 aromatic rings. The van der Waals surface area contributed by atoms with E-state index in [0.29, 0.717) is 5.92 Å². The van der Waals surface area contributed by atoms with Crippen molar-refractivity contribution in [2.45, 2.75) is 40.0 Å². The Bertz CT molecular complexity index is 341. The molecule has 0 aromatic carbocycles. The smallest absolute Gasteiger partial charge is 0.191 e. The number of ether oxygens (including phenoxy) is 1. The van der Waals surface area contributed by atoms with Gasteiger partial charge in [-0.2, -0.15) is 0 Å². The molecule has 25 heavy (non-hydrogen) atoms. The Morgan fingerprint density at radius 1 is 1.08 bits per heavy atom. The van der Waals surface area contributed by atoms with Crippen LogP contribution in [0.1, 0.15) is 40.0 Å². The van der Waals surface area contributed by atoms with Crippen molar-refractivity contribution in [2.24, 2.45) is 10.9 Å². The zero-order valence-corrected chi connectivity index (χ0v) is 17.0. The van der Waals surface area contributed by atoms with Crippen LogP contribution in [-0.2, 0) is 4.74 Å². The van der Waals surface area contributed by atoms with Gasteiger partial charge in [0.2, 0.25) is 0 Å². The van der Waals surface area contributed by atoms with E-state index >= 15 is 0 Å². The third-order valence-electron chi connectivity index (χ3n) is 4.30. The molecule has 0 atom stereocenters. The lowest BCUT2D eigenvalue weighted by molar-refractivity contribution is 0.109. The fourth-order valence-electron chi connectivity index (χ4n) is 2.76. The molecule has 1 fully saturated rings. The highest BCUT2D eigenvalue weighted by Crippen LogP contribution is 2.01. The lowest BCUT2D eigenvalue weighted by atomic mass is 10.2. The Labute approximate surface area is 155 Å². The third-order valence-corrected chi connectivity index (χ3v) is 4.30. The first kappa shape index (κ1) is 22.2. The molecule has 6 heteroatoms. The van der Waals surface area contributed by atoms with Crippen LogP contribution < -0.4 is 10.6 Å². The van der Waals surface area contributed by atoms with Gasteiger partial charge in [0.25, 0.3) is 0 Å². The summed E-state index contributed by atoms with van der Waals surface area (Å²) in [5.41, 5.74) is 0. The molecule has 1 rings (SSSR count). The highest BCUT2D eigenvalue weighted by molar-refractivity contribution is 5.79. The highest BCUT2D eigenvalue weighted by atomic mass is 16.5. The molecular weight excluding hydrogens is 314 g/mol. The molecule has 0 aliphatic carbocycles. The summed E-state index contributed by atoms with van der Waals surface area (Å²) in [5, 5.41) is 6.76. The van der Waals surface area contributed by atoms with Crippen molar-refractivity contribution < 1.29 is 4.74 Å². The summed E-state index contributed by atoms with van der Waals surface area (Å²) in [4.78, 5) is 9.61. The van der Waals surface area contributed by atoms with Gasteiger partial charge in [0.05, 0.1) is 0 Å². The van der Waals surface area contributed by atoms with E-state index in [9.17, 15) is 0 Å². The number of piperazine rings is 1. The number of hydrogen-bond donors (Lipinski definition) is 2. The topological polar surface area (TPSA) is 52.1 Å². The average Bonchev–Trinajstić information content (AvgIpc) is 2.59. The van der Waals surface area contributed by atoms with Crippen LogP contribution in [0, 0.1) is 5.92 Å². The van der Waals surface area contributed by atoms with Gasteiger partial charge in [-0.05, 0) is 45.7 Å². The zero-order valence-electron chi connectivity index (χ0n) is 17.0. The van der Waals surface area contributed by atoms with Crippen LogP contribution in [0.3, 0.4) is 0 Å². The van der Waals surface area contributed by atoms with Crippen LogP contribution >= 0.6 is 0 Å². The minimum atomic E-state index is 0.605. The van der Waals surface area contributed by atoms with E-state index in [4.69, 9.17) is 4.74 Å². The monoisotopic (exact) mass is 355 g/mol. The summed E-state index contributed by atoms with van der Waals surface area (Å²) >= 11 is 0. The SMILES string of the molecule is CCNC(=NCCCOCC(C)C)NCCCCN1CCN(C)CC1. The van der Waals surface area contributed by atoms with Gasteiger partial charge in [-0.3, -0.25) is 4.99 Å². The molecule has 1 aliphatic rings. The Kier molecular flexibility index (Phi) is 12.7. The minimum Gasteiger partial charge on any atom is -0.381 e. The largest absolute Gasteiger partial charge is 0.381 e. The standard InChI is InChI=1S/C19H41N5O/c1-5-20-19(22-10-8-16-25-17-18(2)3)21-9-6-7-11-24-14-12-23(4)13-15-24/h18H,5-17H2,1-4H3,(H2,20,21,22). The van der Waals surface area contributed by atoms with Gasteiger partial charge >= 0.3 is 0 Å². The van der Waals surface area contributed by atoms with Crippen LogP contribution in [0.5, 0.6) is 0 Å². The molecule has 2 N–H and O–H groups in total. The van der Waals surface area contributed by atoms with Gasteiger partial charge in [-0.25, -0.2) is 0 Å². The van der Waals surface area contributed by atoms with Gasteiger partial charge in [0.1, 0.15) is 0 Å². The predicted octanol–water partition coefficient (Wildman–Crippen LogP) is 1.63. The summed E-state index contributed by atoms with van der Waals surface area (Å²) in [6.07, 6.45) is 3.42. The second-order valence-electron chi connectivity index (χ2n) is 7.36. The number of nitrogens with zero attached hydrogens (tertiary/aromatic N) is 3. The molecule has 1 saturated heterocycles. The lowest BCUT2D eigenvalue weighted by Crippen LogP contribution is -2.44. The number of hydrogen-bond acceptors (Lipinski definition) is 4. The molecule has 0 bridgehead atoms. The predicted molar refractivity (Wildman–Crippen MR) is 107 cm³/mol.